The summed E-state index contributed by atoms with van der Waals surface area (Å²) in [6, 6.07) is 0. The summed E-state index contributed by atoms with van der Waals surface area (Å²) in [7, 11) is 0. The number of hydrogen-bond donors (Lipinski definition) is 1. The number of carbonyl (C=O) groups is 1. The number of rotatable bonds is 3. The summed E-state index contributed by atoms with van der Waals surface area (Å²) in [6.45, 7) is 2.42. The molecule has 0 saturated heterocycles. The molecule has 1 fully saturated rings. The Morgan fingerprint density at radius 2 is 2.21 bits per heavy atom. The van der Waals surface area contributed by atoms with Gasteiger partial charge in [-0.1, -0.05) is 19.1 Å². The third-order valence-electron chi connectivity index (χ3n) is 3.14. The summed E-state index contributed by atoms with van der Waals surface area (Å²) in [5, 5.41) is 9.80. The van der Waals surface area contributed by atoms with Gasteiger partial charge in [-0.25, -0.2) is 0 Å². The number of fused-ring (bicyclic) bond motifs is 2. The van der Waals surface area contributed by atoms with Crippen LogP contribution in [-0.4, -0.2) is 23.8 Å². The molecular weight excluding hydrogens is 180 g/mol. The van der Waals surface area contributed by atoms with Crippen molar-refractivity contribution in [2.75, 3.05) is 6.61 Å². The molecule has 4 atom stereocenters. The van der Waals surface area contributed by atoms with Crippen LogP contribution >= 0.6 is 0 Å². The average molecular weight is 196 g/mol. The van der Waals surface area contributed by atoms with Crippen molar-refractivity contribution in [2.24, 2.45) is 17.8 Å². The van der Waals surface area contributed by atoms with E-state index in [1.807, 2.05) is 19.1 Å². The minimum atomic E-state index is -0.519. The van der Waals surface area contributed by atoms with Crippen LogP contribution in [0, 0.1) is 17.8 Å². The molecule has 0 aromatic carbocycles. The molecule has 0 aliphatic heterocycles. The molecule has 4 unspecified atom stereocenters. The van der Waals surface area contributed by atoms with Gasteiger partial charge in [0.2, 0.25) is 0 Å². The number of allylic oxidation sites excluding steroid dienone is 1. The zero-order chi connectivity index (χ0) is 10.1. The van der Waals surface area contributed by atoms with Gasteiger partial charge in [0.05, 0.1) is 18.6 Å². The van der Waals surface area contributed by atoms with E-state index in [0.717, 1.165) is 12.8 Å². The molecule has 0 aromatic heterocycles. The van der Waals surface area contributed by atoms with Gasteiger partial charge in [0, 0.05) is 5.92 Å². The van der Waals surface area contributed by atoms with Crippen LogP contribution in [0.4, 0.5) is 0 Å². The van der Waals surface area contributed by atoms with Gasteiger partial charge < -0.3 is 9.84 Å². The highest BCUT2D eigenvalue weighted by atomic mass is 16.5. The van der Waals surface area contributed by atoms with Gasteiger partial charge in [-0.3, -0.25) is 4.79 Å². The number of aliphatic hydroxyl groups is 1. The number of aliphatic hydroxyl groups excluding tert-OH is 1. The summed E-state index contributed by atoms with van der Waals surface area (Å²) in [5.41, 5.74) is 0. The molecule has 0 aromatic rings. The van der Waals surface area contributed by atoms with Gasteiger partial charge in [0.25, 0.3) is 0 Å². The molecule has 3 heteroatoms. The number of esters is 1. The highest BCUT2D eigenvalue weighted by Gasteiger charge is 2.48. The Balaban J connectivity index is 1.98. The molecule has 2 aliphatic rings. The topological polar surface area (TPSA) is 46.5 Å². The molecule has 0 radical (unpaired) electrons. The maximum Gasteiger partial charge on any atom is 0.312 e. The summed E-state index contributed by atoms with van der Waals surface area (Å²) in [6.07, 6.45) is 5.27. The maximum atomic E-state index is 11.6. The van der Waals surface area contributed by atoms with Crippen LogP contribution in [0.5, 0.6) is 0 Å². The molecular formula is C11H16O3. The second-order valence-corrected chi connectivity index (χ2v) is 4.13. The normalized spacial score (nSPS) is 39.0. The first-order valence-corrected chi connectivity index (χ1v) is 5.27. The second-order valence-electron chi connectivity index (χ2n) is 4.13. The van der Waals surface area contributed by atoms with E-state index in [9.17, 15) is 9.90 Å². The van der Waals surface area contributed by atoms with Gasteiger partial charge in [0.15, 0.2) is 0 Å². The van der Waals surface area contributed by atoms with Gasteiger partial charge in [0.1, 0.15) is 0 Å². The molecule has 0 heterocycles. The lowest BCUT2D eigenvalue weighted by Gasteiger charge is -2.21. The number of hydrogen-bond acceptors (Lipinski definition) is 3. The Labute approximate surface area is 83.8 Å². The van der Waals surface area contributed by atoms with Crippen molar-refractivity contribution in [3.05, 3.63) is 12.2 Å². The summed E-state index contributed by atoms with van der Waals surface area (Å²) < 4.78 is 5.07. The van der Waals surface area contributed by atoms with E-state index in [4.69, 9.17) is 4.74 Å². The minimum Gasteiger partial charge on any atom is -0.465 e. The van der Waals surface area contributed by atoms with Crippen molar-refractivity contribution < 1.29 is 14.6 Å². The van der Waals surface area contributed by atoms with E-state index in [2.05, 4.69) is 0 Å². The first-order chi connectivity index (χ1) is 6.74. The zero-order valence-electron chi connectivity index (χ0n) is 8.35. The Morgan fingerprint density at radius 1 is 1.50 bits per heavy atom. The molecule has 2 bridgehead atoms. The molecule has 1 N–H and O–H groups in total. The average Bonchev–Trinajstić information content (AvgIpc) is 2.74. The minimum absolute atomic E-state index is 0.180. The van der Waals surface area contributed by atoms with Gasteiger partial charge in [-0.2, -0.15) is 0 Å². The van der Waals surface area contributed by atoms with Crippen LogP contribution in [-0.2, 0) is 9.53 Å². The Bertz CT molecular complexity index is 259. The fourth-order valence-corrected chi connectivity index (χ4v) is 2.41. The van der Waals surface area contributed by atoms with Gasteiger partial charge in [-0.15, -0.1) is 0 Å². The third-order valence-corrected chi connectivity index (χ3v) is 3.14. The lowest BCUT2D eigenvalue weighted by atomic mass is 9.91. The summed E-state index contributed by atoms with van der Waals surface area (Å²) >= 11 is 0. The molecule has 1 saturated carbocycles. The Hall–Kier alpha value is -0.830. The first kappa shape index (κ1) is 9.71. The summed E-state index contributed by atoms with van der Waals surface area (Å²) in [5.74, 6) is -0.147. The van der Waals surface area contributed by atoms with E-state index in [1.54, 1.807) is 0 Å². The van der Waals surface area contributed by atoms with Crippen LogP contribution in [0.3, 0.4) is 0 Å². The van der Waals surface area contributed by atoms with Crippen LogP contribution in [0.2, 0.25) is 0 Å². The van der Waals surface area contributed by atoms with Crippen molar-refractivity contribution in [1.29, 1.82) is 0 Å². The summed E-state index contributed by atoms with van der Waals surface area (Å²) in [4.78, 5) is 11.6. The van der Waals surface area contributed by atoms with E-state index in [0.29, 0.717) is 6.61 Å². The zero-order valence-corrected chi connectivity index (χ0v) is 8.35. The van der Waals surface area contributed by atoms with Crippen molar-refractivity contribution in [3.8, 4) is 0 Å². The van der Waals surface area contributed by atoms with Gasteiger partial charge in [-0.05, 0) is 18.8 Å². The van der Waals surface area contributed by atoms with E-state index < -0.39 is 6.10 Å². The van der Waals surface area contributed by atoms with E-state index in [-0.39, 0.29) is 23.7 Å². The largest absolute Gasteiger partial charge is 0.465 e. The Kier molecular flexibility index (Phi) is 2.59. The molecule has 2 rings (SSSR count). The monoisotopic (exact) mass is 196 g/mol. The lowest BCUT2D eigenvalue weighted by molar-refractivity contribution is -0.153. The fraction of sp³-hybridized carbons (Fsp3) is 0.727. The smallest absolute Gasteiger partial charge is 0.312 e. The number of carbonyl (C=O) groups excluding carboxylic acids is 1. The predicted octanol–water partition coefficient (Wildman–Crippen LogP) is 1.12. The van der Waals surface area contributed by atoms with Crippen molar-refractivity contribution >= 4 is 5.97 Å². The predicted molar refractivity (Wildman–Crippen MR) is 51.5 cm³/mol. The van der Waals surface area contributed by atoms with Crippen LogP contribution < -0.4 is 0 Å². The standard InChI is InChI=1S/C11H16O3/c1-2-5-14-11(13)9-7-3-4-8(6-7)10(9)12/h3-4,7-10,12H,2,5-6H2,1H3. The van der Waals surface area contributed by atoms with Crippen LogP contribution in [0.15, 0.2) is 12.2 Å². The quantitative estimate of drug-likeness (QED) is 0.543. The van der Waals surface area contributed by atoms with Crippen molar-refractivity contribution in [1.82, 2.24) is 0 Å². The fourth-order valence-electron chi connectivity index (χ4n) is 2.41. The molecule has 14 heavy (non-hydrogen) atoms. The maximum absolute atomic E-state index is 11.6. The van der Waals surface area contributed by atoms with E-state index in [1.165, 1.54) is 0 Å². The van der Waals surface area contributed by atoms with E-state index >= 15 is 0 Å². The van der Waals surface area contributed by atoms with Crippen molar-refractivity contribution in [2.45, 2.75) is 25.9 Å². The van der Waals surface area contributed by atoms with Crippen LogP contribution in [0.1, 0.15) is 19.8 Å². The molecule has 2 aliphatic carbocycles. The SMILES string of the molecule is CCCOC(=O)C1C2C=CC(C2)C1O. The van der Waals surface area contributed by atoms with Crippen molar-refractivity contribution in [3.63, 3.8) is 0 Å². The second kappa shape index (κ2) is 3.73. The molecule has 0 amide bonds. The lowest BCUT2D eigenvalue weighted by Crippen LogP contribution is -2.33. The highest BCUT2D eigenvalue weighted by Crippen LogP contribution is 2.44. The van der Waals surface area contributed by atoms with Crippen LogP contribution in [0.25, 0.3) is 0 Å². The molecule has 78 valence electrons. The van der Waals surface area contributed by atoms with Gasteiger partial charge >= 0.3 is 5.97 Å². The number of ether oxygens (including phenoxy) is 1. The Morgan fingerprint density at radius 3 is 2.79 bits per heavy atom. The molecule has 0 spiro atoms. The molecule has 3 nitrogen and oxygen atoms in total. The first-order valence-electron chi connectivity index (χ1n) is 5.27. The third kappa shape index (κ3) is 1.46. The highest BCUT2D eigenvalue weighted by molar-refractivity contribution is 5.75.